The number of aromatic nitrogens is 3. The van der Waals surface area contributed by atoms with Crippen LogP contribution in [0.2, 0.25) is 5.02 Å². The highest BCUT2D eigenvalue weighted by atomic mass is 35.5. The smallest absolute Gasteiger partial charge is 0.261 e. The van der Waals surface area contributed by atoms with Crippen molar-refractivity contribution in [2.75, 3.05) is 18.0 Å². The lowest BCUT2D eigenvalue weighted by Crippen LogP contribution is -2.47. The topological polar surface area (TPSA) is 62.8 Å². The molecule has 8 heteroatoms. The van der Waals surface area contributed by atoms with E-state index in [1.165, 1.54) is 12.1 Å². The molecule has 1 N–H and O–H groups in total. The van der Waals surface area contributed by atoms with Crippen molar-refractivity contribution in [3.63, 3.8) is 0 Å². The van der Waals surface area contributed by atoms with Crippen LogP contribution < -0.4 is 10.5 Å². The van der Waals surface area contributed by atoms with E-state index < -0.39 is 5.60 Å². The van der Waals surface area contributed by atoms with Crippen molar-refractivity contribution in [1.29, 1.82) is 0 Å². The summed E-state index contributed by atoms with van der Waals surface area (Å²) >= 11 is 6.06. The van der Waals surface area contributed by atoms with Crippen molar-refractivity contribution in [3.05, 3.63) is 87.6 Å². The second kappa shape index (κ2) is 10.1. The molecule has 1 unspecified atom stereocenters. The van der Waals surface area contributed by atoms with E-state index in [1.54, 1.807) is 28.8 Å². The van der Waals surface area contributed by atoms with Gasteiger partial charge in [0.15, 0.2) is 0 Å². The normalized spacial score (nSPS) is 18.2. The molecule has 1 atom stereocenters. The number of fused-ring (bicyclic) bond motifs is 1. The van der Waals surface area contributed by atoms with Crippen LogP contribution in [0.15, 0.2) is 65.6 Å². The number of aryl methyl sites for hydroxylation is 1. The average molecular weight is 509 g/mol. The van der Waals surface area contributed by atoms with Gasteiger partial charge in [0, 0.05) is 35.9 Å². The average Bonchev–Trinajstić information content (AvgIpc) is 3.32. The van der Waals surface area contributed by atoms with Gasteiger partial charge >= 0.3 is 0 Å². The molecule has 3 heterocycles. The van der Waals surface area contributed by atoms with Gasteiger partial charge in [-0.25, -0.2) is 9.37 Å². The summed E-state index contributed by atoms with van der Waals surface area (Å²) in [6.45, 7) is 3.88. The van der Waals surface area contributed by atoms with Gasteiger partial charge in [0.2, 0.25) is 5.78 Å². The highest BCUT2D eigenvalue weighted by molar-refractivity contribution is 6.30. The first-order chi connectivity index (χ1) is 17.4. The number of benzene rings is 2. The molecule has 4 aromatic rings. The van der Waals surface area contributed by atoms with Crippen LogP contribution in [0.5, 0.6) is 0 Å². The molecular weight excluding hydrogens is 479 g/mol. The van der Waals surface area contributed by atoms with Crippen molar-refractivity contribution in [2.45, 2.75) is 51.2 Å². The fourth-order valence-electron chi connectivity index (χ4n) is 5.07. The number of hydrogen-bond acceptors (Lipinski definition) is 4. The molecule has 0 amide bonds. The van der Waals surface area contributed by atoms with Crippen LogP contribution in [0.4, 0.5) is 10.2 Å². The summed E-state index contributed by atoms with van der Waals surface area (Å²) < 4.78 is 17.2. The number of hydrogen-bond donors (Lipinski definition) is 1. The maximum atomic E-state index is 13.5. The number of aliphatic hydroxyl groups is 1. The van der Waals surface area contributed by atoms with Crippen LogP contribution in [-0.2, 0) is 12.1 Å². The van der Waals surface area contributed by atoms with Crippen LogP contribution in [0, 0.1) is 5.82 Å². The molecule has 0 saturated carbocycles. The number of imidazole rings is 1. The highest BCUT2D eigenvalue weighted by Crippen LogP contribution is 2.34. The third kappa shape index (κ3) is 4.77. The zero-order valence-electron chi connectivity index (χ0n) is 20.3. The summed E-state index contributed by atoms with van der Waals surface area (Å²) in [5, 5.41) is 12.2. The molecule has 2 aromatic heterocycles. The third-order valence-corrected chi connectivity index (χ3v) is 7.25. The second-order valence-corrected chi connectivity index (χ2v) is 10.0. The summed E-state index contributed by atoms with van der Waals surface area (Å²) in [4.78, 5) is 20.2. The molecule has 0 aliphatic carbocycles. The fraction of sp³-hybridized carbons (Fsp3) is 0.357. The Bertz CT molecular complexity index is 1410. The second-order valence-electron chi connectivity index (χ2n) is 9.57. The van der Waals surface area contributed by atoms with E-state index in [-0.39, 0.29) is 11.4 Å². The number of piperidine rings is 1. The van der Waals surface area contributed by atoms with E-state index >= 15 is 0 Å². The van der Waals surface area contributed by atoms with Crippen LogP contribution in [0.1, 0.15) is 44.6 Å². The van der Waals surface area contributed by atoms with Crippen LogP contribution >= 0.6 is 11.6 Å². The Morgan fingerprint density at radius 3 is 2.58 bits per heavy atom. The number of rotatable bonds is 7. The van der Waals surface area contributed by atoms with Crippen molar-refractivity contribution < 1.29 is 9.50 Å². The number of anilines is 1. The molecular formula is C28H30ClFN4O2. The van der Waals surface area contributed by atoms with Gasteiger partial charge < -0.3 is 10.0 Å². The number of unbranched alkanes of at least 4 members (excludes halogenated alkanes) is 2. The van der Waals surface area contributed by atoms with E-state index in [2.05, 4.69) is 16.4 Å². The zero-order chi connectivity index (χ0) is 25.3. The SMILES string of the molecule is CCCCCn1c(N2CCCC(O)(c3ccc(F)cc3)C2)cc(=O)n2cc(-c3ccc(Cl)cc3)nc12. The first kappa shape index (κ1) is 24.5. The largest absolute Gasteiger partial charge is 0.383 e. The monoisotopic (exact) mass is 508 g/mol. The molecule has 0 bridgehead atoms. The van der Waals surface area contributed by atoms with E-state index in [4.69, 9.17) is 16.6 Å². The van der Waals surface area contributed by atoms with Crippen molar-refractivity contribution in [3.8, 4) is 11.3 Å². The van der Waals surface area contributed by atoms with Gasteiger partial charge in [0.1, 0.15) is 17.2 Å². The quantitative estimate of drug-likeness (QED) is 0.328. The summed E-state index contributed by atoms with van der Waals surface area (Å²) in [5.41, 5.74) is 0.960. The summed E-state index contributed by atoms with van der Waals surface area (Å²) in [5.74, 6) is 0.993. The summed E-state index contributed by atoms with van der Waals surface area (Å²) in [6.07, 6.45) is 6.16. The Hall–Kier alpha value is -3.16. The summed E-state index contributed by atoms with van der Waals surface area (Å²) in [6, 6.07) is 15.1. The maximum Gasteiger partial charge on any atom is 0.261 e. The molecule has 1 aliphatic rings. The molecule has 1 fully saturated rings. The maximum absolute atomic E-state index is 13.5. The minimum Gasteiger partial charge on any atom is -0.383 e. The van der Waals surface area contributed by atoms with Gasteiger partial charge in [0.25, 0.3) is 5.56 Å². The lowest BCUT2D eigenvalue weighted by Gasteiger charge is -2.41. The molecule has 0 spiro atoms. The number of nitrogens with zero attached hydrogens (tertiary/aromatic N) is 4. The van der Waals surface area contributed by atoms with Crippen molar-refractivity contribution in [1.82, 2.24) is 14.0 Å². The van der Waals surface area contributed by atoms with E-state index in [0.717, 1.165) is 37.1 Å². The Kier molecular flexibility index (Phi) is 6.86. The van der Waals surface area contributed by atoms with Crippen LogP contribution in [-0.4, -0.2) is 32.1 Å². The van der Waals surface area contributed by atoms with E-state index in [0.29, 0.717) is 48.1 Å². The first-order valence-electron chi connectivity index (χ1n) is 12.5. The van der Waals surface area contributed by atoms with Crippen LogP contribution in [0.3, 0.4) is 0 Å². The third-order valence-electron chi connectivity index (χ3n) is 7.00. The molecule has 6 nitrogen and oxygen atoms in total. The Morgan fingerprint density at radius 2 is 1.86 bits per heavy atom. The molecule has 5 rings (SSSR count). The number of β-amino-alcohol motifs (C(OH)–C–C–N with tert-alkyl or cyclic N) is 1. The molecule has 1 aliphatic heterocycles. The van der Waals surface area contributed by atoms with Crippen molar-refractivity contribution >= 4 is 23.2 Å². The standard InChI is InChI=1S/C28H30ClFN4O2/c1-2-3-4-16-33-25(32-15-5-14-28(36,19-32)21-8-12-23(30)13-9-21)17-26(35)34-18-24(31-27(33)34)20-6-10-22(29)11-7-20/h6-13,17-18,36H,2-5,14-16,19H2,1H3. The highest BCUT2D eigenvalue weighted by Gasteiger charge is 2.36. The van der Waals surface area contributed by atoms with Gasteiger partial charge in [-0.05, 0) is 49.1 Å². The Balaban J connectivity index is 1.58. The van der Waals surface area contributed by atoms with Crippen LogP contribution in [0.25, 0.3) is 17.0 Å². The van der Waals surface area contributed by atoms with Gasteiger partial charge in [-0.15, -0.1) is 0 Å². The Morgan fingerprint density at radius 1 is 1.11 bits per heavy atom. The van der Waals surface area contributed by atoms with Gasteiger partial charge in [-0.3, -0.25) is 13.8 Å². The molecule has 188 valence electrons. The van der Waals surface area contributed by atoms with E-state index in [1.807, 2.05) is 24.3 Å². The fourth-order valence-corrected chi connectivity index (χ4v) is 5.19. The minimum atomic E-state index is -1.13. The predicted octanol–water partition coefficient (Wildman–Crippen LogP) is 5.63. The van der Waals surface area contributed by atoms with Gasteiger partial charge in [-0.2, -0.15) is 0 Å². The molecule has 1 saturated heterocycles. The molecule has 2 aromatic carbocycles. The zero-order valence-corrected chi connectivity index (χ0v) is 21.1. The lowest BCUT2D eigenvalue weighted by atomic mass is 9.85. The van der Waals surface area contributed by atoms with Gasteiger partial charge in [-0.1, -0.05) is 55.6 Å². The Labute approximate surface area is 214 Å². The minimum absolute atomic E-state index is 0.171. The summed E-state index contributed by atoms with van der Waals surface area (Å²) in [7, 11) is 0. The molecule has 0 radical (unpaired) electrons. The first-order valence-corrected chi connectivity index (χ1v) is 12.9. The van der Waals surface area contributed by atoms with Gasteiger partial charge in [0.05, 0.1) is 12.2 Å². The predicted molar refractivity (Wildman–Crippen MR) is 141 cm³/mol. The van der Waals surface area contributed by atoms with Crippen molar-refractivity contribution in [2.24, 2.45) is 0 Å². The number of halogens is 2. The molecule has 36 heavy (non-hydrogen) atoms. The lowest BCUT2D eigenvalue weighted by molar-refractivity contribution is 0.0215. The van der Waals surface area contributed by atoms with E-state index in [9.17, 15) is 14.3 Å².